The van der Waals surface area contributed by atoms with Crippen molar-refractivity contribution >= 4 is 17.1 Å². The van der Waals surface area contributed by atoms with Crippen molar-refractivity contribution in [3.8, 4) is 0 Å². The summed E-state index contributed by atoms with van der Waals surface area (Å²) in [7, 11) is 0. The van der Waals surface area contributed by atoms with Crippen molar-refractivity contribution in [2.45, 2.75) is 40.8 Å². The first-order valence-corrected chi connectivity index (χ1v) is 9.06. The number of hydrogen-bond acceptors (Lipinski definition) is 4. The van der Waals surface area contributed by atoms with Crippen LogP contribution in [0.25, 0.3) is 11.2 Å². The number of nitrogens with zero attached hydrogens (tertiary/aromatic N) is 3. The van der Waals surface area contributed by atoms with E-state index < -0.39 is 11.5 Å². The van der Waals surface area contributed by atoms with Crippen molar-refractivity contribution in [1.82, 2.24) is 19.9 Å². The number of benzene rings is 1. The van der Waals surface area contributed by atoms with E-state index in [1.54, 1.807) is 22.9 Å². The number of aromatic nitrogens is 3. The lowest BCUT2D eigenvalue weighted by molar-refractivity contribution is 0.0944. The summed E-state index contributed by atoms with van der Waals surface area (Å²) in [6, 6.07) is 9.59. The summed E-state index contributed by atoms with van der Waals surface area (Å²) in [5, 5.41) is 2.83. The van der Waals surface area contributed by atoms with Crippen LogP contribution in [0.5, 0.6) is 0 Å². The number of carbonyl (C=O) groups is 1. The van der Waals surface area contributed by atoms with Crippen LogP contribution in [0, 0.1) is 19.8 Å². The van der Waals surface area contributed by atoms with Gasteiger partial charge in [-0.1, -0.05) is 37.6 Å². The van der Waals surface area contributed by atoms with Gasteiger partial charge in [0.15, 0.2) is 11.3 Å². The Morgan fingerprint density at radius 3 is 2.74 bits per heavy atom. The Morgan fingerprint density at radius 2 is 2.00 bits per heavy atom. The summed E-state index contributed by atoms with van der Waals surface area (Å²) in [6.07, 6.45) is 1.63. The third kappa shape index (κ3) is 4.05. The van der Waals surface area contributed by atoms with E-state index in [2.05, 4.69) is 15.3 Å². The molecule has 27 heavy (non-hydrogen) atoms. The molecule has 1 aromatic carbocycles. The molecular formula is C21H24N4O2. The van der Waals surface area contributed by atoms with Crippen LogP contribution in [0.3, 0.4) is 0 Å². The van der Waals surface area contributed by atoms with E-state index in [4.69, 9.17) is 0 Å². The van der Waals surface area contributed by atoms with Gasteiger partial charge in [-0.2, -0.15) is 0 Å². The van der Waals surface area contributed by atoms with Crippen molar-refractivity contribution in [2.75, 3.05) is 0 Å². The zero-order valence-electron chi connectivity index (χ0n) is 16.1. The predicted molar refractivity (Wildman–Crippen MR) is 106 cm³/mol. The first-order valence-electron chi connectivity index (χ1n) is 9.06. The van der Waals surface area contributed by atoms with Gasteiger partial charge in [-0.3, -0.25) is 14.2 Å². The number of rotatable bonds is 5. The quantitative estimate of drug-likeness (QED) is 0.755. The standard InChI is InChI=1S/C21H24N4O2/c1-13(2)12-25-19-17(6-5-9-22-19)24-18(21(25)27)20(26)23-11-16-10-14(3)7-8-15(16)4/h5-10,13H,11-12H2,1-4H3,(H,23,26). The molecule has 1 amide bonds. The number of pyridine rings is 1. The average molecular weight is 364 g/mol. The van der Waals surface area contributed by atoms with Crippen molar-refractivity contribution in [2.24, 2.45) is 5.92 Å². The molecule has 6 nitrogen and oxygen atoms in total. The third-order valence-electron chi connectivity index (χ3n) is 4.41. The van der Waals surface area contributed by atoms with Crippen molar-refractivity contribution < 1.29 is 4.79 Å². The van der Waals surface area contributed by atoms with Gasteiger partial charge >= 0.3 is 0 Å². The van der Waals surface area contributed by atoms with E-state index in [-0.39, 0.29) is 11.6 Å². The highest BCUT2D eigenvalue weighted by Gasteiger charge is 2.18. The second-order valence-electron chi connectivity index (χ2n) is 7.23. The van der Waals surface area contributed by atoms with E-state index in [0.29, 0.717) is 24.3 Å². The van der Waals surface area contributed by atoms with E-state index in [1.807, 2.05) is 45.9 Å². The zero-order chi connectivity index (χ0) is 19.6. The molecule has 0 aliphatic rings. The number of amides is 1. The van der Waals surface area contributed by atoms with Crippen LogP contribution in [0.4, 0.5) is 0 Å². The Balaban J connectivity index is 1.95. The summed E-state index contributed by atoms with van der Waals surface area (Å²) >= 11 is 0. The minimum Gasteiger partial charge on any atom is -0.346 e. The second kappa shape index (κ2) is 7.70. The molecule has 0 atom stereocenters. The fourth-order valence-electron chi connectivity index (χ4n) is 3.01. The van der Waals surface area contributed by atoms with Gasteiger partial charge in [0.1, 0.15) is 5.52 Å². The molecule has 140 valence electrons. The van der Waals surface area contributed by atoms with Gasteiger partial charge in [0.25, 0.3) is 11.5 Å². The van der Waals surface area contributed by atoms with Crippen LogP contribution < -0.4 is 10.9 Å². The molecule has 0 bridgehead atoms. The zero-order valence-corrected chi connectivity index (χ0v) is 16.1. The van der Waals surface area contributed by atoms with E-state index in [9.17, 15) is 9.59 Å². The molecule has 0 fully saturated rings. The molecule has 0 saturated carbocycles. The molecule has 2 aromatic heterocycles. The minimum absolute atomic E-state index is 0.0959. The smallest absolute Gasteiger partial charge is 0.283 e. The normalized spacial score (nSPS) is 11.1. The van der Waals surface area contributed by atoms with Gasteiger partial charge in [0, 0.05) is 19.3 Å². The SMILES string of the molecule is Cc1ccc(C)c(CNC(=O)c2nc3cccnc3n(CC(C)C)c2=O)c1. The number of hydrogen-bond donors (Lipinski definition) is 1. The van der Waals surface area contributed by atoms with E-state index in [1.165, 1.54) is 0 Å². The largest absolute Gasteiger partial charge is 0.346 e. The van der Waals surface area contributed by atoms with Crippen LogP contribution in [0.2, 0.25) is 0 Å². The summed E-state index contributed by atoms with van der Waals surface area (Å²) in [5.41, 5.74) is 3.77. The Labute approximate surface area is 158 Å². The predicted octanol–water partition coefficient (Wildman–Crippen LogP) is 2.99. The molecular weight excluding hydrogens is 340 g/mol. The van der Waals surface area contributed by atoms with Gasteiger partial charge in [-0.05, 0) is 43.0 Å². The molecule has 3 aromatic rings. The molecule has 3 rings (SSSR count). The maximum Gasteiger partial charge on any atom is 0.283 e. The highest BCUT2D eigenvalue weighted by Crippen LogP contribution is 2.12. The van der Waals surface area contributed by atoms with Crippen molar-refractivity contribution in [1.29, 1.82) is 0 Å². The minimum atomic E-state index is -0.468. The maximum absolute atomic E-state index is 12.9. The van der Waals surface area contributed by atoms with Crippen molar-refractivity contribution in [3.05, 3.63) is 69.3 Å². The summed E-state index contributed by atoms with van der Waals surface area (Å²) < 4.78 is 1.54. The van der Waals surface area contributed by atoms with E-state index in [0.717, 1.165) is 16.7 Å². The van der Waals surface area contributed by atoms with E-state index >= 15 is 0 Å². The topological polar surface area (TPSA) is 76.9 Å². The first kappa shape index (κ1) is 18.8. The number of aryl methyl sites for hydroxylation is 2. The summed E-state index contributed by atoms with van der Waals surface area (Å²) in [5.74, 6) is -0.231. The molecule has 0 aliphatic carbocycles. The lowest BCUT2D eigenvalue weighted by Crippen LogP contribution is -2.35. The van der Waals surface area contributed by atoms with Crippen LogP contribution >= 0.6 is 0 Å². The molecule has 0 aliphatic heterocycles. The fourth-order valence-corrected chi connectivity index (χ4v) is 3.01. The van der Waals surface area contributed by atoms with Crippen LogP contribution in [0.15, 0.2) is 41.3 Å². The molecule has 6 heteroatoms. The first-order chi connectivity index (χ1) is 12.9. The molecule has 1 N–H and O–H groups in total. The van der Waals surface area contributed by atoms with Gasteiger partial charge in [0.05, 0.1) is 0 Å². The highest BCUT2D eigenvalue weighted by molar-refractivity contribution is 5.93. The summed E-state index contributed by atoms with van der Waals surface area (Å²) in [4.78, 5) is 34.2. The Kier molecular flexibility index (Phi) is 5.35. The van der Waals surface area contributed by atoms with Gasteiger partial charge in [-0.25, -0.2) is 9.97 Å². The lowest BCUT2D eigenvalue weighted by Gasteiger charge is -2.13. The van der Waals surface area contributed by atoms with Crippen molar-refractivity contribution in [3.63, 3.8) is 0 Å². The Bertz CT molecular complexity index is 1050. The van der Waals surface area contributed by atoms with Gasteiger partial charge < -0.3 is 5.32 Å². The Hall–Kier alpha value is -3.02. The molecule has 0 spiro atoms. The molecule has 2 heterocycles. The molecule has 0 radical (unpaired) electrons. The average Bonchev–Trinajstić information content (AvgIpc) is 2.64. The van der Waals surface area contributed by atoms with Gasteiger partial charge in [0.2, 0.25) is 0 Å². The molecule has 0 unspecified atom stereocenters. The number of nitrogens with one attached hydrogen (secondary N) is 1. The van der Waals surface area contributed by atoms with Crippen LogP contribution in [-0.4, -0.2) is 20.4 Å². The van der Waals surface area contributed by atoms with Crippen LogP contribution in [-0.2, 0) is 13.1 Å². The van der Waals surface area contributed by atoms with Crippen LogP contribution in [0.1, 0.15) is 41.0 Å². The highest BCUT2D eigenvalue weighted by atomic mass is 16.2. The lowest BCUT2D eigenvalue weighted by atomic mass is 10.1. The summed E-state index contributed by atoms with van der Waals surface area (Å²) in [6.45, 7) is 8.86. The monoisotopic (exact) mass is 364 g/mol. The number of fused-ring (bicyclic) bond motifs is 1. The maximum atomic E-state index is 12.9. The third-order valence-corrected chi connectivity index (χ3v) is 4.41. The second-order valence-corrected chi connectivity index (χ2v) is 7.23. The number of carbonyl (C=O) groups excluding carboxylic acids is 1. The fraction of sp³-hybridized carbons (Fsp3) is 0.333. The molecule has 0 saturated heterocycles. The van der Waals surface area contributed by atoms with Gasteiger partial charge in [-0.15, -0.1) is 0 Å². The Morgan fingerprint density at radius 1 is 1.22 bits per heavy atom.